The Morgan fingerprint density at radius 3 is 2.36 bits per heavy atom. The van der Waals surface area contributed by atoms with Gasteiger partial charge in [-0.2, -0.15) is 0 Å². The fourth-order valence-electron chi connectivity index (χ4n) is 2.30. The van der Waals surface area contributed by atoms with Crippen LogP contribution in [0.25, 0.3) is 0 Å². The van der Waals surface area contributed by atoms with Crippen molar-refractivity contribution in [1.82, 2.24) is 5.32 Å². The van der Waals surface area contributed by atoms with E-state index in [4.69, 9.17) is 21.1 Å². The minimum absolute atomic E-state index is 0.183. The van der Waals surface area contributed by atoms with Gasteiger partial charge in [0.15, 0.2) is 6.10 Å². The molecule has 0 saturated carbocycles. The van der Waals surface area contributed by atoms with Crippen molar-refractivity contribution in [2.24, 2.45) is 0 Å². The van der Waals surface area contributed by atoms with Crippen molar-refractivity contribution in [1.29, 1.82) is 0 Å². The maximum atomic E-state index is 12.0. The summed E-state index contributed by atoms with van der Waals surface area (Å²) in [5.41, 5.74) is 1.30. The van der Waals surface area contributed by atoms with Crippen molar-refractivity contribution < 1.29 is 14.3 Å². The molecule has 0 spiro atoms. The predicted octanol–water partition coefficient (Wildman–Crippen LogP) is 4.26. The van der Waals surface area contributed by atoms with E-state index in [1.165, 1.54) is 5.56 Å². The molecule has 1 atom stereocenters. The van der Waals surface area contributed by atoms with Crippen LogP contribution in [0.1, 0.15) is 25.8 Å². The quantitative estimate of drug-likeness (QED) is 0.679. The van der Waals surface area contributed by atoms with Crippen LogP contribution in [0.2, 0.25) is 5.02 Å². The fraction of sp³-hybridized carbons (Fsp3) is 0.350. The summed E-state index contributed by atoms with van der Waals surface area (Å²) in [6.07, 6.45) is 1.61. The van der Waals surface area contributed by atoms with Gasteiger partial charge in [-0.1, -0.05) is 37.1 Å². The fourth-order valence-corrected chi connectivity index (χ4v) is 2.42. The highest BCUT2D eigenvalue weighted by molar-refractivity contribution is 6.30. The maximum Gasteiger partial charge on any atom is 0.260 e. The molecule has 0 aromatic heterocycles. The molecular weight excluding hydrogens is 338 g/mol. The van der Waals surface area contributed by atoms with Crippen LogP contribution >= 0.6 is 11.6 Å². The molecule has 1 amide bonds. The van der Waals surface area contributed by atoms with Crippen molar-refractivity contribution >= 4 is 17.5 Å². The van der Waals surface area contributed by atoms with Gasteiger partial charge in [-0.05, 0) is 55.3 Å². The number of carbonyl (C=O) groups excluding carboxylic acids is 1. The Hall–Kier alpha value is -2.20. The smallest absolute Gasteiger partial charge is 0.260 e. The molecule has 2 aromatic rings. The number of carbonyl (C=O) groups is 1. The molecule has 0 aliphatic rings. The van der Waals surface area contributed by atoms with Crippen LogP contribution in [-0.2, 0) is 11.2 Å². The van der Waals surface area contributed by atoms with Crippen LogP contribution in [-0.4, -0.2) is 25.2 Å². The van der Waals surface area contributed by atoms with E-state index in [1.807, 2.05) is 12.1 Å². The van der Waals surface area contributed by atoms with E-state index < -0.39 is 6.10 Å². The van der Waals surface area contributed by atoms with Crippen molar-refractivity contribution in [2.45, 2.75) is 32.8 Å². The summed E-state index contributed by atoms with van der Waals surface area (Å²) in [7, 11) is 0. The molecule has 25 heavy (non-hydrogen) atoms. The number of amides is 1. The van der Waals surface area contributed by atoms with Gasteiger partial charge >= 0.3 is 0 Å². The van der Waals surface area contributed by atoms with Gasteiger partial charge in [0.05, 0.1) is 6.54 Å². The normalized spacial score (nSPS) is 11.6. The van der Waals surface area contributed by atoms with E-state index in [2.05, 4.69) is 24.4 Å². The topological polar surface area (TPSA) is 47.6 Å². The van der Waals surface area contributed by atoms with Crippen LogP contribution in [0.3, 0.4) is 0 Å². The number of nitrogens with one attached hydrogen (secondary N) is 1. The lowest BCUT2D eigenvalue weighted by atomic mass is 10.1. The lowest BCUT2D eigenvalue weighted by Crippen LogP contribution is -2.38. The zero-order valence-electron chi connectivity index (χ0n) is 14.6. The van der Waals surface area contributed by atoms with Crippen molar-refractivity contribution in [3.8, 4) is 11.5 Å². The van der Waals surface area contributed by atoms with Crippen LogP contribution in [0, 0.1) is 0 Å². The molecule has 0 saturated heterocycles. The third-order valence-corrected chi connectivity index (χ3v) is 3.88. The third-order valence-electron chi connectivity index (χ3n) is 3.63. The van der Waals surface area contributed by atoms with Gasteiger partial charge in [0, 0.05) is 5.02 Å². The molecule has 0 unspecified atom stereocenters. The Morgan fingerprint density at radius 2 is 1.72 bits per heavy atom. The second-order valence-electron chi connectivity index (χ2n) is 5.75. The summed E-state index contributed by atoms with van der Waals surface area (Å²) in [5, 5.41) is 3.43. The Morgan fingerprint density at radius 1 is 1.08 bits per heavy atom. The van der Waals surface area contributed by atoms with Crippen molar-refractivity contribution in [2.75, 3.05) is 13.2 Å². The first kappa shape index (κ1) is 19.1. The molecule has 134 valence electrons. The second-order valence-corrected chi connectivity index (χ2v) is 6.18. The van der Waals surface area contributed by atoms with Gasteiger partial charge in [-0.3, -0.25) is 4.79 Å². The monoisotopic (exact) mass is 361 g/mol. The van der Waals surface area contributed by atoms with Gasteiger partial charge in [0.2, 0.25) is 0 Å². The number of hydrogen-bond acceptors (Lipinski definition) is 3. The number of aryl methyl sites for hydroxylation is 1. The molecule has 5 heteroatoms. The van der Waals surface area contributed by atoms with Crippen LogP contribution in [0.4, 0.5) is 0 Å². The first-order valence-electron chi connectivity index (χ1n) is 8.50. The Balaban J connectivity index is 1.68. The zero-order valence-corrected chi connectivity index (χ0v) is 15.4. The second kappa shape index (κ2) is 9.94. The molecule has 2 rings (SSSR count). The van der Waals surface area contributed by atoms with E-state index in [1.54, 1.807) is 31.2 Å². The molecule has 0 heterocycles. The molecule has 4 nitrogen and oxygen atoms in total. The Kier molecular flexibility index (Phi) is 7.61. The van der Waals surface area contributed by atoms with Gasteiger partial charge in [0.25, 0.3) is 5.91 Å². The first-order chi connectivity index (χ1) is 12.1. The molecule has 1 N–H and O–H groups in total. The Bertz CT molecular complexity index is 656. The third kappa shape index (κ3) is 6.67. The molecule has 0 bridgehead atoms. The number of rotatable bonds is 9. The standard InChI is InChI=1S/C20H24ClNO3/c1-3-4-16-5-9-18(10-6-16)24-14-13-22-20(23)15(2)25-19-11-7-17(21)8-12-19/h5-12,15H,3-4,13-14H2,1-2H3,(H,22,23)/t15-/m0/s1. The minimum Gasteiger partial charge on any atom is -0.492 e. The summed E-state index contributed by atoms with van der Waals surface area (Å²) in [4.78, 5) is 12.0. The molecule has 2 aromatic carbocycles. The number of benzene rings is 2. The SMILES string of the molecule is CCCc1ccc(OCCNC(=O)[C@H](C)Oc2ccc(Cl)cc2)cc1. The highest BCUT2D eigenvalue weighted by Gasteiger charge is 2.13. The number of ether oxygens (including phenoxy) is 2. The lowest BCUT2D eigenvalue weighted by molar-refractivity contribution is -0.127. The van der Waals surface area contributed by atoms with E-state index >= 15 is 0 Å². The first-order valence-corrected chi connectivity index (χ1v) is 8.88. The molecule has 0 aliphatic carbocycles. The molecule has 0 aliphatic heterocycles. The van der Waals surface area contributed by atoms with E-state index in [9.17, 15) is 4.79 Å². The van der Waals surface area contributed by atoms with Crippen LogP contribution in [0.15, 0.2) is 48.5 Å². The number of halogens is 1. The predicted molar refractivity (Wildman–Crippen MR) is 100 cm³/mol. The minimum atomic E-state index is -0.588. The highest BCUT2D eigenvalue weighted by atomic mass is 35.5. The summed E-state index contributed by atoms with van der Waals surface area (Å²) in [5.74, 6) is 1.23. The zero-order chi connectivity index (χ0) is 18.1. The van der Waals surface area contributed by atoms with E-state index in [0.717, 1.165) is 18.6 Å². The average molecular weight is 362 g/mol. The van der Waals surface area contributed by atoms with Gasteiger partial charge in [-0.15, -0.1) is 0 Å². The van der Waals surface area contributed by atoms with Gasteiger partial charge in [-0.25, -0.2) is 0 Å². The largest absolute Gasteiger partial charge is 0.492 e. The number of hydrogen-bond donors (Lipinski definition) is 1. The summed E-state index contributed by atoms with van der Waals surface area (Å²) < 4.78 is 11.2. The van der Waals surface area contributed by atoms with E-state index in [0.29, 0.717) is 23.9 Å². The average Bonchev–Trinajstić information content (AvgIpc) is 2.62. The van der Waals surface area contributed by atoms with Gasteiger partial charge < -0.3 is 14.8 Å². The summed E-state index contributed by atoms with van der Waals surface area (Å²) >= 11 is 5.82. The van der Waals surface area contributed by atoms with E-state index in [-0.39, 0.29) is 5.91 Å². The molecule has 0 fully saturated rings. The lowest BCUT2D eigenvalue weighted by Gasteiger charge is -2.15. The van der Waals surface area contributed by atoms with Crippen molar-refractivity contribution in [3.05, 3.63) is 59.1 Å². The van der Waals surface area contributed by atoms with Crippen molar-refractivity contribution in [3.63, 3.8) is 0 Å². The molecular formula is C20H24ClNO3. The van der Waals surface area contributed by atoms with Crippen LogP contribution < -0.4 is 14.8 Å². The Labute approximate surface area is 154 Å². The van der Waals surface area contributed by atoms with Gasteiger partial charge in [0.1, 0.15) is 18.1 Å². The highest BCUT2D eigenvalue weighted by Crippen LogP contribution is 2.17. The maximum absolute atomic E-state index is 12.0. The summed E-state index contributed by atoms with van der Waals surface area (Å²) in [6, 6.07) is 15.0. The summed E-state index contributed by atoms with van der Waals surface area (Å²) in [6.45, 7) is 4.69. The van der Waals surface area contributed by atoms with Crippen LogP contribution in [0.5, 0.6) is 11.5 Å². The molecule has 0 radical (unpaired) electrons.